The number of piperidine rings is 1. The van der Waals surface area contributed by atoms with Crippen LogP contribution in [0.5, 0.6) is 0 Å². The van der Waals surface area contributed by atoms with Gasteiger partial charge in [0, 0.05) is 36.3 Å². The Labute approximate surface area is 161 Å². The first kappa shape index (κ1) is 16.8. The van der Waals surface area contributed by atoms with Gasteiger partial charge in [-0.15, -0.1) is 0 Å². The highest BCUT2D eigenvalue weighted by molar-refractivity contribution is 5.95. The normalized spacial score (nSPS) is 29.6. The number of rotatable bonds is 2. The lowest BCUT2D eigenvalue weighted by molar-refractivity contribution is 0.150. The molecule has 2 unspecified atom stereocenters. The van der Waals surface area contributed by atoms with E-state index >= 15 is 0 Å². The Morgan fingerprint density at radius 3 is 2.37 bits per heavy atom. The smallest absolute Gasteiger partial charge is 0.322 e. The molecule has 0 saturated carbocycles. The summed E-state index contributed by atoms with van der Waals surface area (Å²) in [6.07, 6.45) is 4.71. The fourth-order valence-corrected chi connectivity index (χ4v) is 5.35. The van der Waals surface area contributed by atoms with E-state index in [1.165, 1.54) is 24.0 Å². The van der Waals surface area contributed by atoms with Gasteiger partial charge in [0.25, 0.3) is 0 Å². The van der Waals surface area contributed by atoms with Gasteiger partial charge in [0.15, 0.2) is 0 Å². The fourth-order valence-electron chi connectivity index (χ4n) is 5.35. The number of hydrogen-bond acceptors (Lipinski definition) is 2. The molecule has 3 aliphatic heterocycles. The van der Waals surface area contributed by atoms with Crippen molar-refractivity contribution < 1.29 is 4.79 Å². The highest BCUT2D eigenvalue weighted by Crippen LogP contribution is 2.40. The standard InChI is InChI=1S/C23H27N3O/c1-25-18-11-12-19(25)14-17(13-18)24-23(27)26-15-21(16-7-3-2-4-8-16)20-9-5-6-10-22(20)26/h2-10,17-19,21H,11-15H2,1H3,(H,24,27)/t17?,18-,19+,21?. The molecule has 0 aromatic heterocycles. The molecular weight excluding hydrogens is 334 g/mol. The summed E-state index contributed by atoms with van der Waals surface area (Å²) < 4.78 is 0. The number of benzene rings is 2. The summed E-state index contributed by atoms with van der Waals surface area (Å²) in [4.78, 5) is 17.6. The lowest BCUT2D eigenvalue weighted by Gasteiger charge is -2.37. The van der Waals surface area contributed by atoms with Crippen molar-refractivity contribution in [2.45, 2.75) is 49.7 Å². The number of amides is 2. The third-order valence-corrected chi connectivity index (χ3v) is 6.84. The van der Waals surface area contributed by atoms with Crippen LogP contribution in [0.2, 0.25) is 0 Å². The van der Waals surface area contributed by atoms with Crippen molar-refractivity contribution >= 4 is 11.7 Å². The van der Waals surface area contributed by atoms with Crippen molar-refractivity contribution in [3.63, 3.8) is 0 Å². The maximum absolute atomic E-state index is 13.2. The van der Waals surface area contributed by atoms with Crippen LogP contribution in [0.25, 0.3) is 0 Å². The predicted octanol–water partition coefficient (Wildman–Crippen LogP) is 3.97. The van der Waals surface area contributed by atoms with E-state index in [0.29, 0.717) is 24.7 Å². The van der Waals surface area contributed by atoms with E-state index in [0.717, 1.165) is 18.5 Å². The average molecular weight is 361 g/mol. The summed E-state index contributed by atoms with van der Waals surface area (Å²) in [5.74, 6) is 0.252. The number of carbonyl (C=O) groups is 1. The van der Waals surface area contributed by atoms with Gasteiger partial charge in [-0.2, -0.15) is 0 Å². The van der Waals surface area contributed by atoms with Crippen LogP contribution in [0, 0.1) is 0 Å². The minimum atomic E-state index is 0.0647. The number of anilines is 1. The lowest BCUT2D eigenvalue weighted by Crippen LogP contribution is -2.51. The van der Waals surface area contributed by atoms with Crippen LogP contribution in [-0.2, 0) is 0 Å². The summed E-state index contributed by atoms with van der Waals surface area (Å²) in [6.45, 7) is 0.717. The second-order valence-corrected chi connectivity index (χ2v) is 8.30. The van der Waals surface area contributed by atoms with E-state index in [9.17, 15) is 4.79 Å². The first-order valence-corrected chi connectivity index (χ1v) is 10.1. The number of nitrogens with zero attached hydrogens (tertiary/aromatic N) is 2. The molecule has 1 N–H and O–H groups in total. The summed E-state index contributed by atoms with van der Waals surface area (Å²) >= 11 is 0. The molecule has 3 heterocycles. The SMILES string of the molecule is CN1[C@@H]2CC[C@H]1CC(NC(=O)N1CC(c3ccccc3)c3ccccc31)C2. The number of fused-ring (bicyclic) bond motifs is 3. The topological polar surface area (TPSA) is 35.6 Å². The Balaban J connectivity index is 1.35. The molecule has 5 rings (SSSR count). The van der Waals surface area contributed by atoms with E-state index in [1.54, 1.807) is 0 Å². The monoisotopic (exact) mass is 361 g/mol. The number of urea groups is 1. The van der Waals surface area contributed by atoms with Crippen molar-refractivity contribution in [1.29, 1.82) is 0 Å². The maximum atomic E-state index is 13.2. The van der Waals surface area contributed by atoms with E-state index < -0.39 is 0 Å². The van der Waals surface area contributed by atoms with Gasteiger partial charge >= 0.3 is 6.03 Å². The summed E-state index contributed by atoms with van der Waals surface area (Å²) in [5, 5.41) is 3.36. The molecule has 2 aromatic carbocycles. The fraction of sp³-hybridized carbons (Fsp3) is 0.435. The number of carbonyl (C=O) groups excluding carboxylic acids is 1. The molecule has 4 heteroatoms. The minimum absolute atomic E-state index is 0.0647. The van der Waals surface area contributed by atoms with E-state index in [2.05, 4.69) is 59.7 Å². The molecule has 27 heavy (non-hydrogen) atoms. The van der Waals surface area contributed by atoms with Gasteiger partial charge in [-0.05, 0) is 49.9 Å². The lowest BCUT2D eigenvalue weighted by atomic mass is 9.93. The Hall–Kier alpha value is -2.33. The van der Waals surface area contributed by atoms with Gasteiger partial charge in [0.1, 0.15) is 0 Å². The quantitative estimate of drug-likeness (QED) is 0.878. The largest absolute Gasteiger partial charge is 0.335 e. The van der Waals surface area contributed by atoms with Crippen LogP contribution in [0.1, 0.15) is 42.7 Å². The molecular formula is C23H27N3O. The van der Waals surface area contributed by atoms with Gasteiger partial charge in [-0.25, -0.2) is 4.79 Å². The zero-order chi connectivity index (χ0) is 18.4. The van der Waals surface area contributed by atoms with Gasteiger partial charge in [-0.1, -0.05) is 48.5 Å². The van der Waals surface area contributed by atoms with Crippen molar-refractivity contribution in [3.05, 3.63) is 65.7 Å². The third-order valence-electron chi connectivity index (χ3n) is 6.84. The molecule has 0 radical (unpaired) electrons. The zero-order valence-electron chi connectivity index (χ0n) is 15.8. The highest BCUT2D eigenvalue weighted by Gasteiger charge is 2.40. The van der Waals surface area contributed by atoms with Crippen LogP contribution in [0.3, 0.4) is 0 Å². The van der Waals surface area contributed by atoms with Crippen molar-refractivity contribution in [2.24, 2.45) is 0 Å². The third kappa shape index (κ3) is 2.92. The van der Waals surface area contributed by atoms with Crippen LogP contribution in [0.4, 0.5) is 10.5 Å². The Morgan fingerprint density at radius 1 is 0.963 bits per heavy atom. The van der Waals surface area contributed by atoms with Gasteiger partial charge in [-0.3, -0.25) is 4.90 Å². The summed E-state index contributed by atoms with van der Waals surface area (Å²) in [5.41, 5.74) is 3.58. The molecule has 0 spiro atoms. The van der Waals surface area contributed by atoms with Gasteiger partial charge < -0.3 is 10.2 Å². The molecule has 2 fully saturated rings. The highest BCUT2D eigenvalue weighted by atomic mass is 16.2. The average Bonchev–Trinajstić information content (AvgIpc) is 3.16. The number of hydrogen-bond donors (Lipinski definition) is 1. The molecule has 4 atom stereocenters. The van der Waals surface area contributed by atoms with E-state index in [4.69, 9.17) is 0 Å². The number of nitrogens with one attached hydrogen (secondary N) is 1. The van der Waals surface area contributed by atoms with Crippen molar-refractivity contribution in [3.8, 4) is 0 Å². The van der Waals surface area contributed by atoms with E-state index in [-0.39, 0.29) is 11.9 Å². The Morgan fingerprint density at radius 2 is 1.63 bits per heavy atom. The maximum Gasteiger partial charge on any atom is 0.322 e. The minimum Gasteiger partial charge on any atom is -0.335 e. The summed E-state index contributed by atoms with van der Waals surface area (Å²) in [7, 11) is 2.24. The molecule has 2 amide bonds. The molecule has 3 aliphatic rings. The molecule has 2 aromatic rings. The second-order valence-electron chi connectivity index (χ2n) is 8.30. The van der Waals surface area contributed by atoms with Crippen LogP contribution >= 0.6 is 0 Å². The second kappa shape index (κ2) is 6.68. The number of para-hydroxylation sites is 1. The van der Waals surface area contributed by atoms with Crippen molar-refractivity contribution in [2.75, 3.05) is 18.5 Å². The molecule has 0 aliphatic carbocycles. The predicted molar refractivity (Wildman–Crippen MR) is 108 cm³/mol. The Kier molecular flexibility index (Phi) is 4.16. The zero-order valence-corrected chi connectivity index (χ0v) is 15.8. The van der Waals surface area contributed by atoms with E-state index in [1.807, 2.05) is 17.0 Å². The molecule has 2 saturated heterocycles. The van der Waals surface area contributed by atoms with Crippen LogP contribution < -0.4 is 10.2 Å². The molecule has 2 bridgehead atoms. The van der Waals surface area contributed by atoms with Crippen LogP contribution in [-0.4, -0.2) is 42.6 Å². The van der Waals surface area contributed by atoms with Crippen LogP contribution in [0.15, 0.2) is 54.6 Å². The summed E-state index contributed by atoms with van der Waals surface area (Å²) in [6, 6.07) is 20.5. The van der Waals surface area contributed by atoms with Gasteiger partial charge in [0.2, 0.25) is 0 Å². The molecule has 4 nitrogen and oxygen atoms in total. The Bertz CT molecular complexity index is 823. The molecule has 140 valence electrons. The first-order valence-electron chi connectivity index (χ1n) is 10.1. The first-order chi connectivity index (χ1) is 13.2. The van der Waals surface area contributed by atoms with Gasteiger partial charge in [0.05, 0.1) is 0 Å². The van der Waals surface area contributed by atoms with Crippen molar-refractivity contribution in [1.82, 2.24) is 10.2 Å².